The van der Waals surface area contributed by atoms with Crippen LogP contribution in [0.2, 0.25) is 0 Å². The first-order valence-electron chi connectivity index (χ1n) is 9.55. The molecule has 1 heterocycles. The summed E-state index contributed by atoms with van der Waals surface area (Å²) in [6.07, 6.45) is 0. The molecule has 1 aliphatic heterocycles. The highest BCUT2D eigenvalue weighted by Gasteiger charge is 2.22. The van der Waals surface area contributed by atoms with Crippen LogP contribution in [0.25, 0.3) is 0 Å². The molecule has 8 heteroatoms. The Morgan fingerprint density at radius 3 is 2.34 bits per heavy atom. The Morgan fingerprint density at radius 1 is 1.10 bits per heavy atom. The molecule has 1 saturated heterocycles. The molecule has 154 valence electrons. The van der Waals surface area contributed by atoms with Crippen LogP contribution in [0.15, 0.2) is 36.4 Å². The number of amides is 1. The third kappa shape index (κ3) is 4.83. The van der Waals surface area contributed by atoms with E-state index in [0.717, 1.165) is 48.7 Å². The van der Waals surface area contributed by atoms with E-state index in [2.05, 4.69) is 15.1 Å². The minimum atomic E-state index is -0.463. The zero-order valence-electron chi connectivity index (χ0n) is 17.0. The van der Waals surface area contributed by atoms with Crippen molar-refractivity contribution in [1.82, 2.24) is 4.90 Å². The van der Waals surface area contributed by atoms with Gasteiger partial charge in [-0.3, -0.25) is 19.8 Å². The summed E-state index contributed by atoms with van der Waals surface area (Å²) < 4.78 is 5.19. The van der Waals surface area contributed by atoms with Crippen molar-refractivity contribution in [2.75, 3.05) is 50.1 Å². The summed E-state index contributed by atoms with van der Waals surface area (Å²) >= 11 is 0. The van der Waals surface area contributed by atoms with E-state index in [9.17, 15) is 14.9 Å². The fourth-order valence-electron chi connectivity index (χ4n) is 3.45. The van der Waals surface area contributed by atoms with Crippen LogP contribution in [0.5, 0.6) is 5.75 Å². The third-order valence-corrected chi connectivity index (χ3v) is 5.35. The van der Waals surface area contributed by atoms with Crippen molar-refractivity contribution in [2.24, 2.45) is 0 Å². The molecule has 0 unspecified atom stereocenters. The van der Waals surface area contributed by atoms with Crippen LogP contribution in [-0.4, -0.2) is 55.6 Å². The number of carbonyl (C=O) groups excluding carboxylic acids is 1. The second-order valence-electron chi connectivity index (χ2n) is 7.17. The highest BCUT2D eigenvalue weighted by atomic mass is 16.6. The highest BCUT2D eigenvalue weighted by Crippen LogP contribution is 2.30. The molecule has 0 radical (unpaired) electrons. The van der Waals surface area contributed by atoms with Crippen LogP contribution in [0.4, 0.5) is 17.1 Å². The number of hydrogen-bond acceptors (Lipinski definition) is 6. The fraction of sp³-hybridized carbons (Fsp3) is 0.381. The van der Waals surface area contributed by atoms with Gasteiger partial charge in [-0.2, -0.15) is 0 Å². The minimum Gasteiger partial charge on any atom is -0.497 e. The molecule has 0 aromatic heterocycles. The lowest BCUT2D eigenvalue weighted by atomic mass is 10.1. The highest BCUT2D eigenvalue weighted by molar-refractivity contribution is 5.95. The average Bonchev–Trinajstić information content (AvgIpc) is 2.72. The number of nitro groups is 1. The number of nitrogens with one attached hydrogen (secondary N) is 1. The zero-order valence-corrected chi connectivity index (χ0v) is 17.0. The van der Waals surface area contributed by atoms with E-state index in [-0.39, 0.29) is 23.8 Å². The van der Waals surface area contributed by atoms with Crippen molar-refractivity contribution < 1.29 is 14.5 Å². The van der Waals surface area contributed by atoms with Gasteiger partial charge in [0, 0.05) is 37.9 Å². The van der Waals surface area contributed by atoms with E-state index in [1.165, 1.54) is 6.07 Å². The Kier molecular flexibility index (Phi) is 6.33. The monoisotopic (exact) mass is 398 g/mol. The van der Waals surface area contributed by atoms with Gasteiger partial charge in [-0.25, -0.2) is 0 Å². The van der Waals surface area contributed by atoms with Gasteiger partial charge in [0.15, 0.2) is 0 Å². The summed E-state index contributed by atoms with van der Waals surface area (Å²) in [6.45, 7) is 6.97. The van der Waals surface area contributed by atoms with Gasteiger partial charge in [0.25, 0.3) is 5.69 Å². The fourth-order valence-corrected chi connectivity index (χ4v) is 3.45. The largest absolute Gasteiger partial charge is 0.497 e. The quantitative estimate of drug-likeness (QED) is 0.595. The number of piperazine rings is 1. The van der Waals surface area contributed by atoms with Crippen molar-refractivity contribution in [3.8, 4) is 5.75 Å². The average molecular weight is 398 g/mol. The summed E-state index contributed by atoms with van der Waals surface area (Å²) in [5.41, 5.74) is 2.96. The van der Waals surface area contributed by atoms with Crippen LogP contribution < -0.4 is 15.0 Å². The predicted molar refractivity (Wildman–Crippen MR) is 113 cm³/mol. The molecule has 0 spiro atoms. The van der Waals surface area contributed by atoms with E-state index in [1.807, 2.05) is 31.2 Å². The van der Waals surface area contributed by atoms with Crippen molar-refractivity contribution in [3.63, 3.8) is 0 Å². The molecule has 0 bridgehead atoms. The van der Waals surface area contributed by atoms with E-state index in [1.54, 1.807) is 20.1 Å². The second kappa shape index (κ2) is 8.91. The normalized spacial score (nSPS) is 14.5. The molecular formula is C21H26N4O4. The summed E-state index contributed by atoms with van der Waals surface area (Å²) in [5.74, 6) is 0.587. The van der Waals surface area contributed by atoms with Gasteiger partial charge in [0.1, 0.15) is 11.4 Å². The van der Waals surface area contributed by atoms with Crippen LogP contribution in [0.3, 0.4) is 0 Å². The number of aryl methyl sites for hydroxylation is 1. The second-order valence-corrected chi connectivity index (χ2v) is 7.17. The topological polar surface area (TPSA) is 88.0 Å². The molecule has 8 nitrogen and oxygen atoms in total. The van der Waals surface area contributed by atoms with Crippen molar-refractivity contribution in [2.45, 2.75) is 13.8 Å². The van der Waals surface area contributed by atoms with Crippen LogP contribution in [0.1, 0.15) is 11.1 Å². The van der Waals surface area contributed by atoms with Crippen LogP contribution in [-0.2, 0) is 4.79 Å². The molecule has 1 amide bonds. The SMILES string of the molecule is COc1ccc(N2CCN(CC(=O)Nc3c([N+](=O)[O-])ccc(C)c3C)CC2)cc1. The Bertz CT molecular complexity index is 890. The molecule has 29 heavy (non-hydrogen) atoms. The molecule has 2 aromatic rings. The zero-order chi connectivity index (χ0) is 21.0. The van der Waals surface area contributed by atoms with Crippen LogP contribution in [0, 0.1) is 24.0 Å². The molecule has 2 aromatic carbocycles. The smallest absolute Gasteiger partial charge is 0.293 e. The number of nitro benzene ring substituents is 1. The van der Waals surface area contributed by atoms with Crippen molar-refractivity contribution >= 4 is 23.0 Å². The molecule has 3 rings (SSSR count). The Morgan fingerprint density at radius 2 is 1.76 bits per heavy atom. The van der Waals surface area contributed by atoms with E-state index >= 15 is 0 Å². The molecule has 0 atom stereocenters. The molecule has 0 saturated carbocycles. The number of hydrogen-bond donors (Lipinski definition) is 1. The molecule has 0 aliphatic carbocycles. The van der Waals surface area contributed by atoms with Gasteiger partial charge in [0.05, 0.1) is 18.6 Å². The van der Waals surface area contributed by atoms with Gasteiger partial charge in [-0.15, -0.1) is 0 Å². The van der Waals surface area contributed by atoms with E-state index < -0.39 is 4.92 Å². The van der Waals surface area contributed by atoms with Crippen molar-refractivity contribution in [1.29, 1.82) is 0 Å². The number of benzene rings is 2. The first-order valence-corrected chi connectivity index (χ1v) is 9.55. The molecular weight excluding hydrogens is 372 g/mol. The summed E-state index contributed by atoms with van der Waals surface area (Å²) in [5, 5.41) is 14.1. The summed E-state index contributed by atoms with van der Waals surface area (Å²) in [6, 6.07) is 11.1. The maximum atomic E-state index is 12.5. The number of methoxy groups -OCH3 is 1. The van der Waals surface area contributed by atoms with E-state index in [4.69, 9.17) is 4.74 Å². The number of carbonyl (C=O) groups is 1. The molecule has 1 N–H and O–H groups in total. The maximum absolute atomic E-state index is 12.5. The lowest BCUT2D eigenvalue weighted by Crippen LogP contribution is -2.48. The number of ether oxygens (including phenoxy) is 1. The molecule has 1 aliphatic rings. The standard InChI is InChI=1S/C21H26N4O4/c1-15-4-9-19(25(27)28)21(16(15)2)22-20(26)14-23-10-12-24(13-11-23)17-5-7-18(29-3)8-6-17/h4-9H,10-14H2,1-3H3,(H,22,26). The minimum absolute atomic E-state index is 0.0780. The van der Waals surface area contributed by atoms with E-state index in [0.29, 0.717) is 0 Å². The predicted octanol–water partition coefficient (Wildman–Crippen LogP) is 2.98. The first kappa shape index (κ1) is 20.6. The summed E-state index contributed by atoms with van der Waals surface area (Å²) in [7, 11) is 1.64. The number of anilines is 2. The lowest BCUT2D eigenvalue weighted by molar-refractivity contribution is -0.384. The van der Waals surface area contributed by atoms with Gasteiger partial charge in [0.2, 0.25) is 5.91 Å². The number of rotatable bonds is 6. The van der Waals surface area contributed by atoms with Gasteiger partial charge in [-0.1, -0.05) is 6.07 Å². The molecule has 1 fully saturated rings. The Hall–Kier alpha value is -3.13. The number of nitrogens with zero attached hydrogens (tertiary/aromatic N) is 3. The summed E-state index contributed by atoms with van der Waals surface area (Å²) in [4.78, 5) is 27.7. The van der Waals surface area contributed by atoms with Gasteiger partial charge < -0.3 is 15.0 Å². The maximum Gasteiger partial charge on any atom is 0.293 e. The van der Waals surface area contributed by atoms with Gasteiger partial charge in [-0.05, 0) is 49.2 Å². The van der Waals surface area contributed by atoms with Crippen molar-refractivity contribution in [3.05, 3.63) is 57.6 Å². The third-order valence-electron chi connectivity index (χ3n) is 5.35. The lowest BCUT2D eigenvalue weighted by Gasteiger charge is -2.35. The van der Waals surface area contributed by atoms with Gasteiger partial charge >= 0.3 is 0 Å². The van der Waals surface area contributed by atoms with Crippen LogP contribution >= 0.6 is 0 Å². The Labute approximate surface area is 170 Å². The first-order chi connectivity index (χ1) is 13.9. The Balaban J connectivity index is 1.58.